The highest BCUT2D eigenvalue weighted by Crippen LogP contribution is 2.34. The van der Waals surface area contributed by atoms with Gasteiger partial charge in [0.25, 0.3) is 0 Å². The number of nitrogens with zero attached hydrogens (tertiary/aromatic N) is 2. The molecule has 1 atom stereocenters. The molecule has 0 N–H and O–H groups in total. The minimum Gasteiger partial charge on any atom is -0.464 e. The number of halogens is 1. The zero-order valence-corrected chi connectivity index (χ0v) is 12.5. The molecular formula is C16H21FN2O2. The first-order valence-corrected chi connectivity index (χ1v) is 7.37. The van der Waals surface area contributed by atoms with Crippen molar-refractivity contribution in [3.05, 3.63) is 35.6 Å². The topological polar surface area (TPSA) is 41.9 Å². The van der Waals surface area contributed by atoms with E-state index in [1.165, 1.54) is 12.1 Å². The van der Waals surface area contributed by atoms with Crippen LogP contribution in [-0.2, 0) is 9.53 Å². The molecule has 1 aromatic carbocycles. The normalized spacial score (nSPS) is 22.0. The lowest BCUT2D eigenvalue weighted by atomic mass is 9.94. The molecule has 0 spiro atoms. The summed E-state index contributed by atoms with van der Waals surface area (Å²) in [5.41, 5.74) is -0.00409. The van der Waals surface area contributed by atoms with Crippen LogP contribution in [0.4, 0.5) is 4.39 Å². The first-order valence-electron chi connectivity index (χ1n) is 7.37. The van der Waals surface area contributed by atoms with E-state index in [2.05, 4.69) is 5.10 Å². The largest absolute Gasteiger partial charge is 0.464 e. The number of rotatable bonds is 5. The maximum atomic E-state index is 13.2. The van der Waals surface area contributed by atoms with Gasteiger partial charge < -0.3 is 4.74 Å². The minimum atomic E-state index is -0.681. The van der Waals surface area contributed by atoms with E-state index in [1.54, 1.807) is 30.3 Å². The van der Waals surface area contributed by atoms with Gasteiger partial charge in [-0.25, -0.2) is 9.18 Å². The molecule has 0 unspecified atom stereocenters. The van der Waals surface area contributed by atoms with Gasteiger partial charge in [0, 0.05) is 6.54 Å². The molecule has 1 aliphatic rings. The third-order valence-electron chi connectivity index (χ3n) is 3.89. The fourth-order valence-electron chi connectivity index (χ4n) is 2.73. The van der Waals surface area contributed by atoms with Crippen LogP contribution in [0.2, 0.25) is 0 Å². The third kappa shape index (κ3) is 3.23. The molecular weight excluding hydrogens is 271 g/mol. The molecule has 1 aromatic rings. The molecule has 0 aliphatic carbocycles. The van der Waals surface area contributed by atoms with Gasteiger partial charge in [0.15, 0.2) is 5.54 Å². The maximum Gasteiger partial charge on any atom is 0.333 e. The molecule has 1 fully saturated rings. The Kier molecular flexibility index (Phi) is 4.94. The van der Waals surface area contributed by atoms with Crippen molar-refractivity contribution in [1.82, 2.24) is 5.01 Å². The molecule has 2 rings (SSSR count). The monoisotopic (exact) mass is 292 g/mol. The Morgan fingerprint density at radius 1 is 1.52 bits per heavy atom. The van der Waals surface area contributed by atoms with Crippen LogP contribution >= 0.6 is 0 Å². The van der Waals surface area contributed by atoms with Gasteiger partial charge in [-0.2, -0.15) is 5.10 Å². The zero-order chi connectivity index (χ0) is 15.3. The number of benzene rings is 1. The number of carbonyl (C=O) groups is 1. The number of ether oxygens (including phenoxy) is 1. The van der Waals surface area contributed by atoms with Crippen molar-refractivity contribution in [2.75, 3.05) is 13.2 Å². The Bertz CT molecular complexity index is 533. The van der Waals surface area contributed by atoms with Gasteiger partial charge in [0.1, 0.15) is 5.82 Å². The van der Waals surface area contributed by atoms with Crippen LogP contribution in [-0.4, -0.2) is 35.9 Å². The van der Waals surface area contributed by atoms with Gasteiger partial charge in [0.05, 0.1) is 12.8 Å². The van der Waals surface area contributed by atoms with E-state index in [0.29, 0.717) is 25.1 Å². The average molecular weight is 292 g/mol. The highest BCUT2D eigenvalue weighted by molar-refractivity contribution is 5.82. The van der Waals surface area contributed by atoms with E-state index >= 15 is 0 Å². The average Bonchev–Trinajstić information content (AvgIpc) is 2.89. The predicted octanol–water partition coefficient (Wildman–Crippen LogP) is 2.97. The Hall–Kier alpha value is -1.91. The van der Waals surface area contributed by atoms with Crippen molar-refractivity contribution < 1.29 is 13.9 Å². The van der Waals surface area contributed by atoms with Crippen LogP contribution in [0.25, 0.3) is 0 Å². The van der Waals surface area contributed by atoms with Gasteiger partial charge in [-0.05, 0) is 43.9 Å². The number of carbonyl (C=O) groups excluding carboxylic acids is 1. The third-order valence-corrected chi connectivity index (χ3v) is 3.89. The van der Waals surface area contributed by atoms with Crippen LogP contribution in [0.5, 0.6) is 0 Å². The summed E-state index contributed by atoms with van der Waals surface area (Å²) in [6.07, 6.45) is 3.88. The van der Waals surface area contributed by atoms with Crippen molar-refractivity contribution in [3.63, 3.8) is 0 Å². The highest BCUT2D eigenvalue weighted by Gasteiger charge is 2.47. The lowest BCUT2D eigenvalue weighted by molar-refractivity contribution is -0.156. The van der Waals surface area contributed by atoms with E-state index < -0.39 is 5.54 Å². The standard InChI is InChI=1S/C16H21FN2O2/c1-3-16(15(20)21-4-2)9-6-10-19(16)18-12-13-7-5-8-14(17)11-13/h5,7-8,11-12H,3-4,6,9-10H2,1-2H3/b18-12+/t16-/m1/s1. The fourth-order valence-corrected chi connectivity index (χ4v) is 2.73. The van der Waals surface area contributed by atoms with Crippen LogP contribution in [0.3, 0.4) is 0 Å². The second kappa shape index (κ2) is 6.70. The molecule has 1 heterocycles. The summed E-state index contributed by atoms with van der Waals surface area (Å²) in [6.45, 7) is 4.84. The Labute approximate surface area is 124 Å². The van der Waals surface area contributed by atoms with Gasteiger partial charge in [-0.1, -0.05) is 19.1 Å². The Balaban J connectivity index is 2.19. The molecule has 0 bridgehead atoms. The molecule has 114 valence electrons. The molecule has 1 aliphatic heterocycles. The summed E-state index contributed by atoms with van der Waals surface area (Å²) in [4.78, 5) is 12.3. The van der Waals surface area contributed by atoms with E-state index in [-0.39, 0.29) is 11.8 Å². The zero-order valence-electron chi connectivity index (χ0n) is 12.5. The molecule has 4 nitrogen and oxygen atoms in total. The number of hydrogen-bond donors (Lipinski definition) is 0. The number of hydrogen-bond acceptors (Lipinski definition) is 4. The van der Waals surface area contributed by atoms with E-state index in [1.807, 2.05) is 6.92 Å². The summed E-state index contributed by atoms with van der Waals surface area (Å²) in [5.74, 6) is -0.520. The van der Waals surface area contributed by atoms with E-state index in [0.717, 1.165) is 12.8 Å². The first-order chi connectivity index (χ1) is 10.1. The quantitative estimate of drug-likeness (QED) is 0.619. The fraction of sp³-hybridized carbons (Fsp3) is 0.500. The van der Waals surface area contributed by atoms with Gasteiger partial charge in [0.2, 0.25) is 0 Å². The second-order valence-electron chi connectivity index (χ2n) is 5.13. The number of hydrazone groups is 1. The summed E-state index contributed by atoms with van der Waals surface area (Å²) in [6, 6.07) is 6.22. The van der Waals surface area contributed by atoms with E-state index in [4.69, 9.17) is 4.74 Å². The lowest BCUT2D eigenvalue weighted by Gasteiger charge is -2.33. The lowest BCUT2D eigenvalue weighted by Crippen LogP contribution is -2.48. The minimum absolute atomic E-state index is 0.221. The molecule has 0 saturated carbocycles. The molecule has 0 radical (unpaired) electrons. The van der Waals surface area contributed by atoms with Crippen LogP contribution in [0, 0.1) is 5.82 Å². The van der Waals surface area contributed by atoms with Gasteiger partial charge in [-0.3, -0.25) is 5.01 Å². The van der Waals surface area contributed by atoms with Crippen LogP contribution in [0.15, 0.2) is 29.4 Å². The predicted molar refractivity (Wildman–Crippen MR) is 79.6 cm³/mol. The van der Waals surface area contributed by atoms with Crippen LogP contribution in [0.1, 0.15) is 38.7 Å². The molecule has 0 amide bonds. The van der Waals surface area contributed by atoms with Crippen molar-refractivity contribution in [3.8, 4) is 0 Å². The highest BCUT2D eigenvalue weighted by atomic mass is 19.1. The Morgan fingerprint density at radius 2 is 2.33 bits per heavy atom. The van der Waals surface area contributed by atoms with E-state index in [9.17, 15) is 9.18 Å². The summed E-state index contributed by atoms with van der Waals surface area (Å²) in [5, 5.41) is 6.19. The maximum absolute atomic E-state index is 13.2. The van der Waals surface area contributed by atoms with Gasteiger partial charge in [-0.15, -0.1) is 0 Å². The molecule has 0 aromatic heterocycles. The van der Waals surface area contributed by atoms with Crippen LogP contribution < -0.4 is 0 Å². The molecule has 5 heteroatoms. The SMILES string of the molecule is CCOC(=O)[C@@]1(CC)CCCN1/N=C/c1cccc(F)c1. The number of esters is 1. The van der Waals surface area contributed by atoms with Crippen molar-refractivity contribution >= 4 is 12.2 Å². The summed E-state index contributed by atoms with van der Waals surface area (Å²) in [7, 11) is 0. The smallest absolute Gasteiger partial charge is 0.333 e. The molecule has 21 heavy (non-hydrogen) atoms. The summed E-state index contributed by atoms with van der Waals surface area (Å²) >= 11 is 0. The second-order valence-corrected chi connectivity index (χ2v) is 5.13. The summed E-state index contributed by atoms with van der Waals surface area (Å²) < 4.78 is 18.4. The van der Waals surface area contributed by atoms with Crippen molar-refractivity contribution in [1.29, 1.82) is 0 Å². The Morgan fingerprint density at radius 3 is 3.00 bits per heavy atom. The first kappa shape index (κ1) is 15.5. The molecule has 1 saturated heterocycles. The van der Waals surface area contributed by atoms with Crippen molar-refractivity contribution in [2.24, 2.45) is 5.10 Å². The van der Waals surface area contributed by atoms with Crippen molar-refractivity contribution in [2.45, 2.75) is 38.6 Å². The van der Waals surface area contributed by atoms with Gasteiger partial charge >= 0.3 is 5.97 Å².